The van der Waals surface area contributed by atoms with Crippen LogP contribution in [-0.2, 0) is 11.2 Å². The van der Waals surface area contributed by atoms with E-state index in [0.29, 0.717) is 35.7 Å². The molecule has 2 aliphatic rings. The summed E-state index contributed by atoms with van der Waals surface area (Å²) in [5, 5.41) is 7.00. The van der Waals surface area contributed by atoms with E-state index in [1.165, 1.54) is 11.0 Å². The first-order valence-electron chi connectivity index (χ1n) is 10.0. The highest BCUT2D eigenvalue weighted by molar-refractivity contribution is 6.02. The fourth-order valence-electron chi connectivity index (χ4n) is 4.07. The highest BCUT2D eigenvalue weighted by Gasteiger charge is 2.34. The maximum Gasteiger partial charge on any atom is 0.291 e. The van der Waals surface area contributed by atoms with Crippen LogP contribution in [0.25, 0.3) is 0 Å². The van der Waals surface area contributed by atoms with Crippen molar-refractivity contribution in [3.63, 3.8) is 0 Å². The molecule has 0 saturated heterocycles. The largest absolute Gasteiger partial charge is 0.489 e. The minimum Gasteiger partial charge on any atom is -0.489 e. The molecule has 8 nitrogen and oxygen atoms in total. The monoisotopic (exact) mass is 421 g/mol. The minimum atomic E-state index is -0.884. The fourth-order valence-corrected chi connectivity index (χ4v) is 4.07. The van der Waals surface area contributed by atoms with E-state index in [9.17, 15) is 14.0 Å². The van der Waals surface area contributed by atoms with Gasteiger partial charge in [-0.25, -0.2) is 14.1 Å². The molecule has 0 bridgehead atoms. The number of rotatable bonds is 3. The Bertz CT molecular complexity index is 1180. The number of likely N-dealkylation sites (N-methyl/N-ethyl adjacent to an activating group) is 1. The summed E-state index contributed by atoms with van der Waals surface area (Å²) >= 11 is 0. The first-order valence-corrected chi connectivity index (χ1v) is 10.0. The first kappa shape index (κ1) is 19.2. The molecule has 1 aromatic heterocycles. The van der Waals surface area contributed by atoms with Crippen LogP contribution in [0, 0.1) is 5.82 Å². The molecule has 0 spiro atoms. The molecular formula is C22H20FN5O3. The number of nitrogens with one attached hydrogen (secondary N) is 1. The van der Waals surface area contributed by atoms with Gasteiger partial charge >= 0.3 is 0 Å². The van der Waals surface area contributed by atoms with Crippen molar-refractivity contribution < 1.29 is 18.7 Å². The standard InChI is InChI=1S/C22H20FN5O3/c1-27-17-8-4-5-9-18(17)31-12-15(22(27)30)24-21(29)20-25-19-11-10-16(28(19)26-20)13-6-2-3-7-14(13)23/h2-9,15-16H,10-12H2,1H3,(H,24,29)/t15-,16+/m0/s1. The highest BCUT2D eigenvalue weighted by Crippen LogP contribution is 2.32. The number of aromatic nitrogens is 3. The highest BCUT2D eigenvalue weighted by atomic mass is 19.1. The summed E-state index contributed by atoms with van der Waals surface area (Å²) in [6.07, 6.45) is 1.25. The van der Waals surface area contributed by atoms with Gasteiger partial charge in [0.1, 0.15) is 30.0 Å². The fraction of sp³-hybridized carbons (Fsp3) is 0.273. The lowest BCUT2D eigenvalue weighted by Crippen LogP contribution is -2.49. The van der Waals surface area contributed by atoms with Crippen molar-refractivity contribution in [1.29, 1.82) is 0 Å². The zero-order valence-electron chi connectivity index (χ0n) is 16.8. The van der Waals surface area contributed by atoms with Crippen molar-refractivity contribution in [2.24, 2.45) is 0 Å². The van der Waals surface area contributed by atoms with Crippen LogP contribution in [0.3, 0.4) is 0 Å². The van der Waals surface area contributed by atoms with Crippen molar-refractivity contribution in [2.45, 2.75) is 24.9 Å². The van der Waals surface area contributed by atoms with E-state index in [1.807, 2.05) is 12.1 Å². The van der Waals surface area contributed by atoms with Crippen LogP contribution < -0.4 is 15.0 Å². The number of ether oxygens (including phenoxy) is 1. The third kappa shape index (κ3) is 3.31. The number of hydrogen-bond donors (Lipinski definition) is 1. The first-order chi connectivity index (χ1) is 15.0. The van der Waals surface area contributed by atoms with E-state index >= 15 is 0 Å². The maximum absolute atomic E-state index is 14.2. The number of fused-ring (bicyclic) bond motifs is 2. The van der Waals surface area contributed by atoms with Crippen LogP contribution in [0.1, 0.15) is 34.5 Å². The SMILES string of the molecule is CN1C(=O)[C@@H](NC(=O)c2nc3n(n2)[C@@H](c2ccccc2F)CC3)COc2ccccc21. The molecule has 0 fully saturated rings. The number of para-hydroxylation sites is 2. The Hall–Kier alpha value is -3.75. The molecule has 3 heterocycles. The Morgan fingerprint density at radius 3 is 2.81 bits per heavy atom. The molecule has 0 aliphatic carbocycles. The number of halogens is 1. The van der Waals surface area contributed by atoms with Crippen molar-refractivity contribution in [2.75, 3.05) is 18.6 Å². The van der Waals surface area contributed by atoms with E-state index in [2.05, 4.69) is 15.4 Å². The number of amides is 2. The Morgan fingerprint density at radius 2 is 1.97 bits per heavy atom. The minimum absolute atomic E-state index is 0.00263. The number of benzene rings is 2. The van der Waals surface area contributed by atoms with Crippen molar-refractivity contribution in [3.8, 4) is 5.75 Å². The zero-order valence-corrected chi connectivity index (χ0v) is 16.8. The summed E-state index contributed by atoms with van der Waals surface area (Å²) in [5.41, 5.74) is 1.15. The van der Waals surface area contributed by atoms with E-state index in [4.69, 9.17) is 4.74 Å². The van der Waals surface area contributed by atoms with Crippen molar-refractivity contribution in [3.05, 3.63) is 71.6 Å². The molecule has 5 rings (SSSR count). The van der Waals surface area contributed by atoms with Crippen LogP contribution in [0.4, 0.5) is 10.1 Å². The molecule has 2 atom stereocenters. The molecule has 2 amide bonds. The number of carbonyl (C=O) groups excluding carboxylic acids is 2. The second-order valence-corrected chi connectivity index (χ2v) is 7.57. The third-order valence-electron chi connectivity index (χ3n) is 5.67. The smallest absolute Gasteiger partial charge is 0.291 e. The molecule has 0 unspecified atom stereocenters. The van der Waals surface area contributed by atoms with E-state index in [1.54, 1.807) is 42.1 Å². The normalized spacial score (nSPS) is 19.9. The summed E-state index contributed by atoms with van der Waals surface area (Å²) in [5.74, 6) is -0.0445. The average molecular weight is 421 g/mol. The lowest BCUT2D eigenvalue weighted by molar-refractivity contribution is -0.120. The maximum atomic E-state index is 14.2. The van der Waals surface area contributed by atoms with Gasteiger partial charge in [0.25, 0.3) is 11.8 Å². The molecule has 2 aliphatic heterocycles. The molecule has 9 heteroatoms. The molecular weight excluding hydrogens is 401 g/mol. The molecule has 2 aromatic carbocycles. The Balaban J connectivity index is 1.35. The molecule has 158 valence electrons. The number of nitrogens with zero attached hydrogens (tertiary/aromatic N) is 4. The van der Waals surface area contributed by atoms with E-state index < -0.39 is 11.9 Å². The Labute approximate surface area is 177 Å². The number of anilines is 1. The number of carbonyl (C=O) groups is 2. The quantitative estimate of drug-likeness (QED) is 0.700. The van der Waals surface area contributed by atoms with Crippen LogP contribution in [0.5, 0.6) is 5.75 Å². The second kappa shape index (κ2) is 7.50. The molecule has 1 N–H and O–H groups in total. The van der Waals surface area contributed by atoms with Gasteiger partial charge in [-0.3, -0.25) is 9.59 Å². The zero-order chi connectivity index (χ0) is 21.5. The Morgan fingerprint density at radius 1 is 1.19 bits per heavy atom. The topological polar surface area (TPSA) is 89.4 Å². The van der Waals surface area contributed by atoms with Crippen LogP contribution in [0.2, 0.25) is 0 Å². The van der Waals surface area contributed by atoms with Gasteiger partial charge in [-0.2, -0.15) is 0 Å². The number of aryl methyl sites for hydroxylation is 1. The van der Waals surface area contributed by atoms with Gasteiger partial charge in [-0.15, -0.1) is 5.10 Å². The predicted molar refractivity (Wildman–Crippen MR) is 109 cm³/mol. The molecule has 31 heavy (non-hydrogen) atoms. The van der Waals surface area contributed by atoms with Gasteiger partial charge in [-0.05, 0) is 24.6 Å². The van der Waals surface area contributed by atoms with Crippen LogP contribution in [0.15, 0.2) is 48.5 Å². The summed E-state index contributed by atoms with van der Waals surface area (Å²) in [6, 6.07) is 12.5. The second-order valence-electron chi connectivity index (χ2n) is 7.57. The lowest BCUT2D eigenvalue weighted by Gasteiger charge is -2.19. The van der Waals surface area contributed by atoms with Crippen LogP contribution in [-0.4, -0.2) is 46.3 Å². The van der Waals surface area contributed by atoms with Gasteiger partial charge in [-0.1, -0.05) is 30.3 Å². The molecule has 3 aromatic rings. The lowest BCUT2D eigenvalue weighted by atomic mass is 10.0. The summed E-state index contributed by atoms with van der Waals surface area (Å²) in [4.78, 5) is 31.4. The van der Waals surface area contributed by atoms with Crippen molar-refractivity contribution in [1.82, 2.24) is 20.1 Å². The summed E-state index contributed by atoms with van der Waals surface area (Å²) in [7, 11) is 1.64. The Kier molecular flexibility index (Phi) is 4.65. The predicted octanol–water partition coefficient (Wildman–Crippen LogP) is 2.11. The van der Waals surface area contributed by atoms with Gasteiger partial charge in [0.05, 0.1) is 11.7 Å². The van der Waals surface area contributed by atoms with Gasteiger partial charge < -0.3 is 15.0 Å². The van der Waals surface area contributed by atoms with Crippen molar-refractivity contribution >= 4 is 17.5 Å². The van der Waals surface area contributed by atoms with Gasteiger partial charge in [0.2, 0.25) is 5.82 Å². The molecule has 0 saturated carbocycles. The summed E-state index contributed by atoms with van der Waals surface area (Å²) in [6.45, 7) is -0.00263. The van der Waals surface area contributed by atoms with Gasteiger partial charge in [0.15, 0.2) is 0 Å². The van der Waals surface area contributed by atoms with Gasteiger partial charge in [0, 0.05) is 19.0 Å². The molecule has 0 radical (unpaired) electrons. The third-order valence-corrected chi connectivity index (χ3v) is 5.67. The number of hydrogen-bond acceptors (Lipinski definition) is 5. The summed E-state index contributed by atoms with van der Waals surface area (Å²) < 4.78 is 21.6. The van der Waals surface area contributed by atoms with E-state index in [0.717, 1.165) is 0 Å². The average Bonchev–Trinajstić information content (AvgIpc) is 3.34. The van der Waals surface area contributed by atoms with Crippen LogP contribution >= 0.6 is 0 Å². The van der Waals surface area contributed by atoms with E-state index in [-0.39, 0.29) is 30.2 Å².